The van der Waals surface area contributed by atoms with Crippen molar-refractivity contribution in [3.63, 3.8) is 0 Å². The van der Waals surface area contributed by atoms with E-state index in [4.69, 9.17) is 10.3 Å². The van der Waals surface area contributed by atoms with E-state index in [9.17, 15) is 0 Å². The van der Waals surface area contributed by atoms with Crippen molar-refractivity contribution in [1.82, 2.24) is 15.1 Å². The summed E-state index contributed by atoms with van der Waals surface area (Å²) in [5, 5.41) is 3.88. The van der Waals surface area contributed by atoms with Gasteiger partial charge in [-0.05, 0) is 25.1 Å². The second kappa shape index (κ2) is 8.00. The van der Waals surface area contributed by atoms with Gasteiger partial charge in [0, 0.05) is 24.4 Å². The van der Waals surface area contributed by atoms with Gasteiger partial charge in [-0.25, -0.2) is 0 Å². The molecule has 5 nitrogen and oxygen atoms in total. The topological polar surface area (TPSA) is 77.8 Å². The molecule has 2 heterocycles. The Labute approximate surface area is 112 Å². The standard InChI is InChI=1S/C10H12N4O.2ClH/c11-5-1-2-9-13-10(14-15-9)8-3-6-12-7-4-8;;/h3-4,6-7H,1-2,5,11H2;2*1H. The van der Waals surface area contributed by atoms with E-state index in [2.05, 4.69) is 15.1 Å². The molecule has 0 aromatic carbocycles. The Bertz CT molecular complexity index is 421. The normalized spacial score (nSPS) is 9.24. The molecule has 0 aliphatic rings. The minimum atomic E-state index is 0. The van der Waals surface area contributed by atoms with Crippen molar-refractivity contribution in [3.8, 4) is 11.4 Å². The third-order valence-electron chi connectivity index (χ3n) is 2.00. The molecule has 0 saturated heterocycles. The zero-order chi connectivity index (χ0) is 10.5. The molecule has 0 radical (unpaired) electrons. The van der Waals surface area contributed by atoms with Crippen molar-refractivity contribution in [2.75, 3.05) is 6.54 Å². The molecule has 2 N–H and O–H groups in total. The third kappa shape index (κ3) is 4.30. The monoisotopic (exact) mass is 276 g/mol. The van der Waals surface area contributed by atoms with Crippen LogP contribution in [0.15, 0.2) is 29.0 Å². The first-order chi connectivity index (χ1) is 7.40. The molecule has 0 amide bonds. The first kappa shape index (κ1) is 15.8. The van der Waals surface area contributed by atoms with Crippen LogP contribution in [0.1, 0.15) is 12.3 Å². The van der Waals surface area contributed by atoms with Crippen LogP contribution in [-0.4, -0.2) is 21.7 Å². The Kier molecular flexibility index (Phi) is 7.45. The average molecular weight is 277 g/mol. The highest BCUT2D eigenvalue weighted by atomic mass is 35.5. The molecule has 94 valence electrons. The van der Waals surface area contributed by atoms with Gasteiger partial charge >= 0.3 is 0 Å². The molecule has 0 saturated carbocycles. The second-order valence-electron chi connectivity index (χ2n) is 3.14. The summed E-state index contributed by atoms with van der Waals surface area (Å²) in [6.07, 6.45) is 4.99. The van der Waals surface area contributed by atoms with Crippen LogP contribution in [0.2, 0.25) is 0 Å². The van der Waals surface area contributed by atoms with E-state index in [-0.39, 0.29) is 24.8 Å². The van der Waals surface area contributed by atoms with Crippen molar-refractivity contribution >= 4 is 24.8 Å². The predicted molar refractivity (Wildman–Crippen MR) is 69.4 cm³/mol. The number of hydrogen-bond acceptors (Lipinski definition) is 5. The Morgan fingerprint density at radius 2 is 1.88 bits per heavy atom. The van der Waals surface area contributed by atoms with Crippen LogP contribution in [0.5, 0.6) is 0 Å². The van der Waals surface area contributed by atoms with E-state index in [1.54, 1.807) is 12.4 Å². The van der Waals surface area contributed by atoms with E-state index in [0.717, 1.165) is 18.4 Å². The van der Waals surface area contributed by atoms with Crippen LogP contribution in [0.25, 0.3) is 11.4 Å². The highest BCUT2D eigenvalue weighted by Gasteiger charge is 2.07. The zero-order valence-corrected chi connectivity index (χ0v) is 10.7. The molecule has 0 aliphatic carbocycles. The van der Waals surface area contributed by atoms with E-state index in [1.807, 2.05) is 12.1 Å². The quantitative estimate of drug-likeness (QED) is 0.923. The lowest BCUT2D eigenvalue weighted by molar-refractivity contribution is 0.376. The molecule has 2 aromatic heterocycles. The molecule has 17 heavy (non-hydrogen) atoms. The number of rotatable bonds is 4. The van der Waals surface area contributed by atoms with Gasteiger partial charge in [0.2, 0.25) is 11.7 Å². The van der Waals surface area contributed by atoms with Crippen LogP contribution < -0.4 is 5.73 Å². The summed E-state index contributed by atoms with van der Waals surface area (Å²) >= 11 is 0. The molecule has 2 aromatic rings. The fourth-order valence-electron chi connectivity index (χ4n) is 1.23. The van der Waals surface area contributed by atoms with Gasteiger partial charge in [-0.2, -0.15) is 4.98 Å². The number of aryl methyl sites for hydroxylation is 1. The summed E-state index contributed by atoms with van der Waals surface area (Å²) in [4.78, 5) is 8.18. The van der Waals surface area contributed by atoms with Gasteiger partial charge in [-0.3, -0.25) is 4.98 Å². The summed E-state index contributed by atoms with van der Waals surface area (Å²) in [7, 11) is 0. The molecule has 7 heteroatoms. The summed E-state index contributed by atoms with van der Waals surface area (Å²) in [5.74, 6) is 1.23. The van der Waals surface area contributed by atoms with Gasteiger partial charge in [0.05, 0.1) is 0 Å². The fourth-order valence-corrected chi connectivity index (χ4v) is 1.23. The molecule has 2 rings (SSSR count). The fraction of sp³-hybridized carbons (Fsp3) is 0.300. The molecule has 0 fully saturated rings. The maximum atomic E-state index is 5.40. The third-order valence-corrected chi connectivity index (χ3v) is 2.00. The van der Waals surface area contributed by atoms with E-state index >= 15 is 0 Å². The van der Waals surface area contributed by atoms with E-state index < -0.39 is 0 Å². The number of nitrogens with two attached hydrogens (primary N) is 1. The molecule has 0 unspecified atom stereocenters. The first-order valence-corrected chi connectivity index (χ1v) is 4.83. The van der Waals surface area contributed by atoms with Crippen molar-refractivity contribution < 1.29 is 4.52 Å². The van der Waals surface area contributed by atoms with Crippen molar-refractivity contribution in [2.45, 2.75) is 12.8 Å². The largest absolute Gasteiger partial charge is 0.339 e. The number of hydrogen-bond donors (Lipinski definition) is 1. The number of pyridine rings is 1. The van der Waals surface area contributed by atoms with Crippen molar-refractivity contribution in [1.29, 1.82) is 0 Å². The van der Waals surface area contributed by atoms with Crippen molar-refractivity contribution in [3.05, 3.63) is 30.4 Å². The summed E-state index contributed by atoms with van der Waals surface area (Å²) < 4.78 is 5.08. The van der Waals surface area contributed by atoms with Gasteiger partial charge in [0.1, 0.15) is 0 Å². The lowest BCUT2D eigenvalue weighted by Crippen LogP contribution is -2.00. The minimum Gasteiger partial charge on any atom is -0.339 e. The van der Waals surface area contributed by atoms with Crippen LogP contribution in [0.4, 0.5) is 0 Å². The van der Waals surface area contributed by atoms with Crippen LogP contribution in [0.3, 0.4) is 0 Å². The smallest absolute Gasteiger partial charge is 0.227 e. The average Bonchev–Trinajstić information content (AvgIpc) is 2.76. The molecule has 0 atom stereocenters. The lowest BCUT2D eigenvalue weighted by atomic mass is 10.2. The number of aromatic nitrogens is 3. The SMILES string of the molecule is Cl.Cl.NCCCc1nc(-c2ccncc2)no1. The highest BCUT2D eigenvalue weighted by Crippen LogP contribution is 2.14. The van der Waals surface area contributed by atoms with E-state index in [0.29, 0.717) is 18.3 Å². The summed E-state index contributed by atoms with van der Waals surface area (Å²) in [6, 6.07) is 3.69. The summed E-state index contributed by atoms with van der Waals surface area (Å²) in [6.45, 7) is 0.632. The van der Waals surface area contributed by atoms with Crippen LogP contribution >= 0.6 is 24.8 Å². The Morgan fingerprint density at radius 1 is 1.18 bits per heavy atom. The maximum absolute atomic E-state index is 5.40. The second-order valence-corrected chi connectivity index (χ2v) is 3.14. The van der Waals surface area contributed by atoms with Gasteiger partial charge in [0.25, 0.3) is 0 Å². The Balaban J connectivity index is 0.00000128. The minimum absolute atomic E-state index is 0. The van der Waals surface area contributed by atoms with Crippen molar-refractivity contribution in [2.24, 2.45) is 5.73 Å². The van der Waals surface area contributed by atoms with Crippen LogP contribution in [-0.2, 0) is 6.42 Å². The van der Waals surface area contributed by atoms with Gasteiger partial charge in [-0.1, -0.05) is 5.16 Å². The number of halogens is 2. The molecule has 0 aliphatic heterocycles. The molecular formula is C10H14Cl2N4O. The maximum Gasteiger partial charge on any atom is 0.227 e. The Hall–Kier alpha value is -1.17. The van der Waals surface area contributed by atoms with E-state index in [1.165, 1.54) is 0 Å². The molecular weight excluding hydrogens is 263 g/mol. The van der Waals surface area contributed by atoms with Gasteiger partial charge in [0.15, 0.2) is 0 Å². The number of nitrogens with zero attached hydrogens (tertiary/aromatic N) is 3. The summed E-state index contributed by atoms with van der Waals surface area (Å²) in [5.41, 5.74) is 6.31. The molecule has 0 bridgehead atoms. The zero-order valence-electron chi connectivity index (χ0n) is 9.07. The van der Waals surface area contributed by atoms with Gasteiger partial charge in [-0.15, -0.1) is 24.8 Å². The molecule has 0 spiro atoms. The van der Waals surface area contributed by atoms with Gasteiger partial charge < -0.3 is 10.3 Å². The Morgan fingerprint density at radius 3 is 2.53 bits per heavy atom. The predicted octanol–water partition coefficient (Wildman–Crippen LogP) is 1.87. The lowest BCUT2D eigenvalue weighted by Gasteiger charge is -1.90. The van der Waals surface area contributed by atoms with Crippen LogP contribution in [0, 0.1) is 0 Å². The first-order valence-electron chi connectivity index (χ1n) is 4.83. The highest BCUT2D eigenvalue weighted by molar-refractivity contribution is 5.85.